The summed E-state index contributed by atoms with van der Waals surface area (Å²) < 4.78 is 5.41. The molecule has 1 aromatic rings. The second-order valence-electron chi connectivity index (χ2n) is 4.80. The number of urea groups is 1. The first-order valence-corrected chi connectivity index (χ1v) is 6.08. The summed E-state index contributed by atoms with van der Waals surface area (Å²) >= 11 is 0. The van der Waals surface area contributed by atoms with Crippen molar-refractivity contribution in [1.82, 2.24) is 9.80 Å². The zero-order valence-electron chi connectivity index (χ0n) is 11.6. The number of carbonyl (C=O) groups is 1. The fraction of sp³-hybridized carbons (Fsp3) is 0.429. The molecule has 1 atom stereocenters. The third-order valence-corrected chi connectivity index (χ3v) is 3.68. The van der Waals surface area contributed by atoms with E-state index in [-0.39, 0.29) is 12.1 Å². The number of carbonyl (C=O) groups excluding carboxylic acids is 1. The molecule has 1 heterocycles. The molecule has 1 aromatic carbocycles. The van der Waals surface area contributed by atoms with Crippen LogP contribution in [0.25, 0.3) is 0 Å². The molecule has 1 fully saturated rings. The van der Waals surface area contributed by atoms with Gasteiger partial charge in [0.1, 0.15) is 5.75 Å². The summed E-state index contributed by atoms with van der Waals surface area (Å²) in [5, 5.41) is 8.94. The number of likely N-dealkylation sites (N-methyl/N-ethyl adjacent to an activating group) is 1. The highest BCUT2D eigenvalue weighted by atomic mass is 16.5. The van der Waals surface area contributed by atoms with Gasteiger partial charge in [0, 0.05) is 12.6 Å². The van der Waals surface area contributed by atoms with Crippen LogP contribution in [-0.4, -0.2) is 36.5 Å². The van der Waals surface area contributed by atoms with Crippen LogP contribution in [0.1, 0.15) is 22.7 Å². The number of hydrogen-bond acceptors (Lipinski definition) is 3. The number of nitriles is 1. The van der Waals surface area contributed by atoms with Gasteiger partial charge < -0.3 is 9.64 Å². The highest BCUT2D eigenvalue weighted by Crippen LogP contribution is 2.35. The molecular formula is C14H17N3O2. The molecule has 5 nitrogen and oxygen atoms in total. The van der Waals surface area contributed by atoms with E-state index in [1.54, 1.807) is 19.1 Å². The summed E-state index contributed by atoms with van der Waals surface area (Å²) in [6.45, 7) is 4.41. The first-order valence-electron chi connectivity index (χ1n) is 6.08. The van der Waals surface area contributed by atoms with Crippen molar-refractivity contribution >= 4 is 6.03 Å². The van der Waals surface area contributed by atoms with Crippen LogP contribution in [0, 0.1) is 25.3 Å². The van der Waals surface area contributed by atoms with Crippen molar-refractivity contribution in [3.63, 3.8) is 0 Å². The Morgan fingerprint density at radius 2 is 2.00 bits per heavy atom. The third-order valence-electron chi connectivity index (χ3n) is 3.68. The quantitative estimate of drug-likeness (QED) is 0.765. The van der Waals surface area contributed by atoms with E-state index in [9.17, 15) is 4.79 Å². The molecule has 0 aromatic heterocycles. The molecule has 0 aliphatic carbocycles. The predicted molar refractivity (Wildman–Crippen MR) is 70.7 cm³/mol. The molecule has 19 heavy (non-hydrogen) atoms. The average molecular weight is 259 g/mol. The Hall–Kier alpha value is -2.22. The zero-order valence-corrected chi connectivity index (χ0v) is 11.6. The van der Waals surface area contributed by atoms with Gasteiger partial charge >= 0.3 is 6.03 Å². The van der Waals surface area contributed by atoms with Crippen molar-refractivity contribution in [2.24, 2.45) is 0 Å². The van der Waals surface area contributed by atoms with E-state index >= 15 is 0 Å². The third kappa shape index (κ3) is 2.10. The van der Waals surface area contributed by atoms with Gasteiger partial charge in [0.05, 0.1) is 19.7 Å². The SMILES string of the molecule is COc1cc(C)c(C)cc1C1CN(C#N)C(=O)N1C. The van der Waals surface area contributed by atoms with Gasteiger partial charge in [0.25, 0.3) is 0 Å². The number of nitrogens with zero attached hydrogens (tertiary/aromatic N) is 3. The normalized spacial score (nSPS) is 18.7. The molecule has 0 N–H and O–H groups in total. The minimum atomic E-state index is -0.271. The lowest BCUT2D eigenvalue weighted by Crippen LogP contribution is -2.26. The molecule has 2 amide bonds. The van der Waals surface area contributed by atoms with Crippen molar-refractivity contribution in [2.75, 3.05) is 20.7 Å². The van der Waals surface area contributed by atoms with Crippen molar-refractivity contribution in [3.8, 4) is 11.9 Å². The number of hydrogen-bond donors (Lipinski definition) is 0. The number of amides is 2. The predicted octanol–water partition coefficient (Wildman–Crippen LogP) is 2.20. The van der Waals surface area contributed by atoms with Gasteiger partial charge in [-0.1, -0.05) is 0 Å². The van der Waals surface area contributed by atoms with E-state index in [4.69, 9.17) is 10.00 Å². The fourth-order valence-electron chi connectivity index (χ4n) is 2.34. The number of ether oxygens (including phenoxy) is 1. The van der Waals surface area contributed by atoms with Crippen LogP contribution < -0.4 is 4.74 Å². The van der Waals surface area contributed by atoms with E-state index < -0.39 is 0 Å². The Bertz CT molecular complexity index is 563. The lowest BCUT2D eigenvalue weighted by molar-refractivity contribution is 0.205. The van der Waals surface area contributed by atoms with Gasteiger partial charge in [0.2, 0.25) is 0 Å². The Morgan fingerprint density at radius 1 is 1.37 bits per heavy atom. The van der Waals surface area contributed by atoms with Crippen molar-refractivity contribution < 1.29 is 9.53 Å². The number of rotatable bonds is 2. The molecule has 0 spiro atoms. The van der Waals surface area contributed by atoms with Crippen molar-refractivity contribution in [3.05, 3.63) is 28.8 Å². The summed E-state index contributed by atoms with van der Waals surface area (Å²) in [5.41, 5.74) is 3.23. The average Bonchev–Trinajstić information content (AvgIpc) is 2.69. The molecule has 1 saturated heterocycles. The Morgan fingerprint density at radius 3 is 2.53 bits per heavy atom. The lowest BCUT2D eigenvalue weighted by atomic mass is 9.99. The Labute approximate surface area is 113 Å². The van der Waals surface area contributed by atoms with Gasteiger partial charge in [0.15, 0.2) is 6.19 Å². The highest BCUT2D eigenvalue weighted by molar-refractivity contribution is 5.79. The Kier molecular flexibility index (Phi) is 3.34. The molecule has 100 valence electrons. The summed E-state index contributed by atoms with van der Waals surface area (Å²) in [5.74, 6) is 0.757. The van der Waals surface area contributed by atoms with Gasteiger partial charge in [-0.25, -0.2) is 9.69 Å². The molecular weight excluding hydrogens is 242 g/mol. The van der Waals surface area contributed by atoms with Crippen LogP contribution in [0.5, 0.6) is 5.75 Å². The van der Waals surface area contributed by atoms with Gasteiger partial charge in [-0.05, 0) is 37.1 Å². The standard InChI is InChI=1S/C14H17N3O2/c1-9-5-11(13(19-4)6-10(9)2)12-7-17(8-15)14(18)16(12)3/h5-6,12H,7H2,1-4H3. The van der Waals surface area contributed by atoms with E-state index in [0.717, 1.165) is 22.4 Å². The van der Waals surface area contributed by atoms with Gasteiger partial charge in [-0.3, -0.25) is 0 Å². The second-order valence-corrected chi connectivity index (χ2v) is 4.80. The van der Waals surface area contributed by atoms with Crippen molar-refractivity contribution in [1.29, 1.82) is 5.26 Å². The molecule has 2 rings (SSSR count). The molecule has 0 saturated carbocycles. The largest absolute Gasteiger partial charge is 0.496 e. The summed E-state index contributed by atoms with van der Waals surface area (Å²) in [6, 6.07) is 3.58. The van der Waals surface area contributed by atoms with E-state index in [1.807, 2.05) is 32.2 Å². The molecule has 0 bridgehead atoms. The minimum absolute atomic E-state index is 0.151. The first-order chi connectivity index (χ1) is 8.99. The van der Waals surface area contributed by atoms with Crippen LogP contribution in [0.3, 0.4) is 0 Å². The Balaban J connectivity index is 2.46. The van der Waals surface area contributed by atoms with Crippen LogP contribution in [0.15, 0.2) is 12.1 Å². The molecule has 1 aliphatic heterocycles. The smallest absolute Gasteiger partial charge is 0.333 e. The molecule has 1 unspecified atom stereocenters. The van der Waals surface area contributed by atoms with Gasteiger partial charge in [-0.15, -0.1) is 0 Å². The van der Waals surface area contributed by atoms with Crippen LogP contribution in [-0.2, 0) is 0 Å². The van der Waals surface area contributed by atoms with E-state index in [0.29, 0.717) is 6.54 Å². The lowest BCUT2D eigenvalue weighted by Gasteiger charge is -2.21. The molecule has 0 radical (unpaired) electrons. The van der Waals surface area contributed by atoms with E-state index in [2.05, 4.69) is 0 Å². The summed E-state index contributed by atoms with van der Waals surface area (Å²) in [7, 11) is 3.32. The van der Waals surface area contributed by atoms with Crippen molar-refractivity contribution in [2.45, 2.75) is 19.9 Å². The maximum atomic E-state index is 11.9. The maximum absolute atomic E-state index is 11.9. The number of methoxy groups -OCH3 is 1. The number of benzene rings is 1. The van der Waals surface area contributed by atoms with Crippen LogP contribution >= 0.6 is 0 Å². The van der Waals surface area contributed by atoms with Gasteiger partial charge in [-0.2, -0.15) is 5.26 Å². The van der Waals surface area contributed by atoms with Crippen LogP contribution in [0.2, 0.25) is 0 Å². The molecule has 5 heteroatoms. The molecule has 1 aliphatic rings. The monoisotopic (exact) mass is 259 g/mol. The fourth-order valence-corrected chi connectivity index (χ4v) is 2.34. The van der Waals surface area contributed by atoms with E-state index in [1.165, 1.54) is 4.90 Å². The second kappa shape index (κ2) is 4.81. The summed E-state index contributed by atoms with van der Waals surface area (Å²) in [6.07, 6.45) is 1.91. The topological polar surface area (TPSA) is 56.6 Å². The number of aryl methyl sites for hydroxylation is 2. The first kappa shape index (κ1) is 13.2. The maximum Gasteiger partial charge on any atom is 0.333 e. The van der Waals surface area contributed by atoms with Crippen LogP contribution in [0.4, 0.5) is 4.79 Å². The minimum Gasteiger partial charge on any atom is -0.496 e. The highest BCUT2D eigenvalue weighted by Gasteiger charge is 2.37. The summed E-state index contributed by atoms with van der Waals surface area (Å²) in [4.78, 5) is 14.6. The zero-order chi connectivity index (χ0) is 14.2.